The lowest BCUT2D eigenvalue weighted by molar-refractivity contribution is 0.605. The van der Waals surface area contributed by atoms with Crippen LogP contribution in [-0.2, 0) is 0 Å². The van der Waals surface area contributed by atoms with Crippen LogP contribution in [0.4, 0.5) is 4.39 Å². The molecule has 0 spiro atoms. The van der Waals surface area contributed by atoms with Crippen molar-refractivity contribution in [2.24, 2.45) is 10.7 Å². The van der Waals surface area contributed by atoms with Crippen LogP contribution in [0.25, 0.3) is 0 Å². The van der Waals surface area contributed by atoms with Gasteiger partial charge in [0.15, 0.2) is 5.96 Å². The first-order valence-electron chi connectivity index (χ1n) is 4.55. The van der Waals surface area contributed by atoms with Crippen molar-refractivity contribution in [3.63, 3.8) is 0 Å². The van der Waals surface area contributed by atoms with E-state index in [9.17, 15) is 4.39 Å². The molecule has 1 aliphatic heterocycles. The van der Waals surface area contributed by atoms with Gasteiger partial charge in [-0.25, -0.2) is 4.39 Å². The Morgan fingerprint density at radius 3 is 3.00 bits per heavy atom. The van der Waals surface area contributed by atoms with E-state index in [4.69, 9.17) is 5.73 Å². The van der Waals surface area contributed by atoms with E-state index in [2.05, 4.69) is 10.3 Å². The fourth-order valence-electron chi connectivity index (χ4n) is 1.54. The molecule has 0 radical (unpaired) electrons. The summed E-state index contributed by atoms with van der Waals surface area (Å²) in [6.07, 6.45) is 0. The molecule has 0 amide bonds. The molecular formula is C10H12FN3. The number of benzene rings is 1. The zero-order valence-corrected chi connectivity index (χ0v) is 7.70. The maximum absolute atomic E-state index is 12.9. The number of aliphatic imine (C=N–C) groups is 1. The molecule has 1 heterocycles. The van der Waals surface area contributed by atoms with Gasteiger partial charge in [-0.15, -0.1) is 0 Å². The van der Waals surface area contributed by atoms with Crippen LogP contribution in [0.3, 0.4) is 0 Å². The Kier molecular flexibility index (Phi) is 2.35. The van der Waals surface area contributed by atoms with E-state index in [1.165, 1.54) is 6.07 Å². The van der Waals surface area contributed by atoms with Crippen molar-refractivity contribution < 1.29 is 4.39 Å². The fraction of sp³-hybridized carbons (Fsp3) is 0.300. The molecule has 3 nitrogen and oxygen atoms in total. The quantitative estimate of drug-likeness (QED) is 0.694. The first-order valence-corrected chi connectivity index (χ1v) is 4.55. The predicted molar refractivity (Wildman–Crippen MR) is 53.6 cm³/mol. The number of hydrogen-bond donors (Lipinski definition) is 2. The van der Waals surface area contributed by atoms with Gasteiger partial charge in [0.2, 0.25) is 0 Å². The average Bonchev–Trinajstić information content (AvgIpc) is 2.19. The zero-order chi connectivity index (χ0) is 9.97. The molecule has 1 aliphatic rings. The lowest BCUT2D eigenvalue weighted by Gasteiger charge is -2.21. The minimum Gasteiger partial charge on any atom is -0.370 e. The summed E-state index contributed by atoms with van der Waals surface area (Å²) < 4.78 is 12.9. The lowest BCUT2D eigenvalue weighted by atomic mass is 9.98. The summed E-state index contributed by atoms with van der Waals surface area (Å²) in [7, 11) is 0. The van der Waals surface area contributed by atoms with Crippen LogP contribution in [0, 0.1) is 5.82 Å². The molecule has 1 atom stereocenters. The number of halogens is 1. The highest BCUT2D eigenvalue weighted by molar-refractivity contribution is 5.78. The first kappa shape index (κ1) is 8.99. The monoisotopic (exact) mass is 193 g/mol. The summed E-state index contributed by atoms with van der Waals surface area (Å²) in [4.78, 5) is 4.08. The highest BCUT2D eigenvalue weighted by Crippen LogP contribution is 2.17. The molecule has 4 heteroatoms. The number of guanidine groups is 1. The minimum absolute atomic E-state index is 0.204. The third-order valence-corrected chi connectivity index (χ3v) is 2.33. The van der Waals surface area contributed by atoms with Crippen LogP contribution >= 0.6 is 0 Å². The summed E-state index contributed by atoms with van der Waals surface area (Å²) in [6, 6.07) is 6.61. The Morgan fingerprint density at radius 2 is 2.36 bits per heavy atom. The van der Waals surface area contributed by atoms with Crippen LogP contribution in [0.15, 0.2) is 29.3 Å². The highest BCUT2D eigenvalue weighted by atomic mass is 19.1. The number of nitrogens with two attached hydrogens (primary N) is 1. The summed E-state index contributed by atoms with van der Waals surface area (Å²) in [5.41, 5.74) is 6.44. The second-order valence-electron chi connectivity index (χ2n) is 3.36. The van der Waals surface area contributed by atoms with Gasteiger partial charge in [-0.2, -0.15) is 0 Å². The Hall–Kier alpha value is -1.58. The molecule has 0 fully saturated rings. The predicted octanol–water partition coefficient (Wildman–Crippen LogP) is 0.827. The molecule has 3 N–H and O–H groups in total. The largest absolute Gasteiger partial charge is 0.370 e. The number of nitrogens with one attached hydrogen (secondary N) is 1. The van der Waals surface area contributed by atoms with E-state index in [0.717, 1.165) is 12.1 Å². The molecule has 1 unspecified atom stereocenters. The summed E-state index contributed by atoms with van der Waals surface area (Å²) in [5, 5.41) is 2.96. The molecule has 74 valence electrons. The fourth-order valence-corrected chi connectivity index (χ4v) is 1.54. The zero-order valence-electron chi connectivity index (χ0n) is 7.70. The summed E-state index contributed by atoms with van der Waals surface area (Å²) in [5.74, 6) is 0.487. The third-order valence-electron chi connectivity index (χ3n) is 2.33. The van der Waals surface area contributed by atoms with Crippen LogP contribution in [-0.4, -0.2) is 19.0 Å². The van der Waals surface area contributed by atoms with Gasteiger partial charge in [-0.1, -0.05) is 12.1 Å². The second kappa shape index (κ2) is 3.65. The third kappa shape index (κ3) is 1.84. The van der Waals surface area contributed by atoms with Gasteiger partial charge in [0.1, 0.15) is 5.82 Å². The Bertz CT molecular complexity index is 362. The van der Waals surface area contributed by atoms with Crippen LogP contribution in [0.5, 0.6) is 0 Å². The Morgan fingerprint density at radius 1 is 1.50 bits per heavy atom. The molecule has 0 bridgehead atoms. The molecule has 0 saturated heterocycles. The van der Waals surface area contributed by atoms with Crippen molar-refractivity contribution in [3.05, 3.63) is 35.6 Å². The van der Waals surface area contributed by atoms with E-state index in [0.29, 0.717) is 12.5 Å². The van der Waals surface area contributed by atoms with E-state index in [1.54, 1.807) is 12.1 Å². The van der Waals surface area contributed by atoms with Crippen molar-refractivity contribution in [1.29, 1.82) is 0 Å². The van der Waals surface area contributed by atoms with Gasteiger partial charge >= 0.3 is 0 Å². The van der Waals surface area contributed by atoms with Gasteiger partial charge in [0.05, 0.1) is 6.54 Å². The topological polar surface area (TPSA) is 50.4 Å². The molecule has 0 aromatic heterocycles. The van der Waals surface area contributed by atoms with Crippen LogP contribution in [0.1, 0.15) is 11.5 Å². The Balaban J connectivity index is 2.16. The van der Waals surface area contributed by atoms with Crippen molar-refractivity contribution in [1.82, 2.24) is 5.32 Å². The van der Waals surface area contributed by atoms with Gasteiger partial charge in [-0.05, 0) is 17.7 Å². The summed E-state index contributed by atoms with van der Waals surface area (Å²) >= 11 is 0. The van der Waals surface area contributed by atoms with Crippen molar-refractivity contribution in [3.8, 4) is 0 Å². The SMILES string of the molecule is NC1=NCC(c2cccc(F)c2)CN1. The van der Waals surface area contributed by atoms with Gasteiger partial charge in [-0.3, -0.25) is 4.99 Å². The standard InChI is InChI=1S/C10H12FN3/c11-9-3-1-2-7(4-9)8-5-13-10(12)14-6-8/h1-4,8H,5-6H2,(H3,12,13,14). The normalized spacial score (nSPS) is 21.2. The molecular weight excluding hydrogens is 181 g/mol. The average molecular weight is 193 g/mol. The van der Waals surface area contributed by atoms with Gasteiger partial charge in [0, 0.05) is 12.5 Å². The number of hydrogen-bond acceptors (Lipinski definition) is 3. The van der Waals surface area contributed by atoms with E-state index in [1.807, 2.05) is 6.07 Å². The molecule has 0 saturated carbocycles. The molecule has 2 rings (SSSR count). The molecule has 0 aliphatic carbocycles. The second-order valence-corrected chi connectivity index (χ2v) is 3.36. The molecule has 1 aromatic carbocycles. The Labute approximate surface area is 81.8 Å². The van der Waals surface area contributed by atoms with Gasteiger partial charge in [0.25, 0.3) is 0 Å². The van der Waals surface area contributed by atoms with E-state index in [-0.39, 0.29) is 11.7 Å². The van der Waals surface area contributed by atoms with E-state index >= 15 is 0 Å². The maximum Gasteiger partial charge on any atom is 0.188 e. The van der Waals surface area contributed by atoms with Crippen LogP contribution < -0.4 is 11.1 Å². The number of nitrogens with zero attached hydrogens (tertiary/aromatic N) is 1. The maximum atomic E-state index is 12.9. The molecule has 14 heavy (non-hydrogen) atoms. The smallest absolute Gasteiger partial charge is 0.188 e. The van der Waals surface area contributed by atoms with Gasteiger partial charge < -0.3 is 11.1 Å². The van der Waals surface area contributed by atoms with E-state index < -0.39 is 0 Å². The molecule has 1 aromatic rings. The van der Waals surface area contributed by atoms with Crippen molar-refractivity contribution >= 4 is 5.96 Å². The van der Waals surface area contributed by atoms with Crippen molar-refractivity contribution in [2.45, 2.75) is 5.92 Å². The number of rotatable bonds is 1. The minimum atomic E-state index is -0.204. The van der Waals surface area contributed by atoms with Crippen LogP contribution in [0.2, 0.25) is 0 Å². The lowest BCUT2D eigenvalue weighted by Crippen LogP contribution is -2.39. The first-order chi connectivity index (χ1) is 6.75. The summed E-state index contributed by atoms with van der Waals surface area (Å²) in [6.45, 7) is 1.35. The van der Waals surface area contributed by atoms with Crippen molar-refractivity contribution in [2.75, 3.05) is 13.1 Å². The highest BCUT2D eigenvalue weighted by Gasteiger charge is 2.15.